The molecule has 1 N–H and O–H groups in total. The summed E-state index contributed by atoms with van der Waals surface area (Å²) in [7, 11) is 0. The maximum Gasteiger partial charge on any atom is 0.244 e. The van der Waals surface area contributed by atoms with Crippen molar-refractivity contribution >= 4 is 35.2 Å². The van der Waals surface area contributed by atoms with Gasteiger partial charge in [-0.25, -0.2) is 0 Å². The first-order chi connectivity index (χ1) is 7.49. The summed E-state index contributed by atoms with van der Waals surface area (Å²) in [4.78, 5) is 11.3. The molecule has 16 heavy (non-hydrogen) atoms. The molecule has 0 saturated heterocycles. The molecule has 0 spiro atoms. The van der Waals surface area contributed by atoms with Crippen LogP contribution in [0.5, 0.6) is 0 Å². The van der Waals surface area contributed by atoms with Crippen molar-refractivity contribution in [3.8, 4) is 0 Å². The maximum atomic E-state index is 11.3. The number of benzene rings is 1. The van der Waals surface area contributed by atoms with Crippen LogP contribution in [0, 0.1) is 0 Å². The van der Waals surface area contributed by atoms with Gasteiger partial charge >= 0.3 is 0 Å². The summed E-state index contributed by atoms with van der Waals surface area (Å²) < 4.78 is 0. The van der Waals surface area contributed by atoms with Crippen LogP contribution in [0.3, 0.4) is 0 Å². The highest BCUT2D eigenvalue weighted by Crippen LogP contribution is 2.22. The van der Waals surface area contributed by atoms with E-state index in [1.165, 1.54) is 6.08 Å². The third-order valence-corrected chi connectivity index (χ3v) is 2.54. The molecule has 1 aromatic rings. The van der Waals surface area contributed by atoms with Gasteiger partial charge in [0.25, 0.3) is 0 Å². The van der Waals surface area contributed by atoms with Crippen LogP contribution in [-0.2, 0) is 4.79 Å². The Kier molecular flexibility index (Phi) is 4.84. The average Bonchev–Trinajstić information content (AvgIpc) is 2.19. The second-order valence-electron chi connectivity index (χ2n) is 3.67. The molecule has 0 unspecified atom stereocenters. The van der Waals surface area contributed by atoms with E-state index in [9.17, 15) is 4.79 Å². The standard InChI is InChI=1S/C12H13Cl2NO/c1-8(2)15-12(16)6-4-9-3-5-10(13)11(14)7-9/h3-8H,1-2H3,(H,15,16)/b6-4+. The number of amides is 1. The fraction of sp³-hybridized carbons (Fsp3) is 0.250. The van der Waals surface area contributed by atoms with Crippen molar-refractivity contribution in [3.05, 3.63) is 39.9 Å². The van der Waals surface area contributed by atoms with Crippen molar-refractivity contribution in [1.82, 2.24) is 5.32 Å². The van der Waals surface area contributed by atoms with Gasteiger partial charge in [-0.05, 0) is 37.6 Å². The zero-order valence-electron chi connectivity index (χ0n) is 9.13. The largest absolute Gasteiger partial charge is 0.350 e. The first-order valence-corrected chi connectivity index (χ1v) is 5.68. The van der Waals surface area contributed by atoms with Gasteiger partial charge in [0.15, 0.2) is 0 Å². The molecule has 0 saturated carbocycles. The lowest BCUT2D eigenvalue weighted by atomic mass is 10.2. The van der Waals surface area contributed by atoms with E-state index in [1.807, 2.05) is 13.8 Å². The molecule has 0 heterocycles. The number of nitrogens with one attached hydrogen (secondary N) is 1. The molecule has 1 amide bonds. The summed E-state index contributed by atoms with van der Waals surface area (Å²) in [6.07, 6.45) is 3.17. The van der Waals surface area contributed by atoms with Crippen LogP contribution in [0.2, 0.25) is 10.0 Å². The molecule has 0 aliphatic rings. The highest BCUT2D eigenvalue weighted by molar-refractivity contribution is 6.42. The van der Waals surface area contributed by atoms with Gasteiger partial charge in [-0.2, -0.15) is 0 Å². The number of carbonyl (C=O) groups excluding carboxylic acids is 1. The number of halogens is 2. The lowest BCUT2D eigenvalue weighted by Crippen LogP contribution is -2.28. The van der Waals surface area contributed by atoms with Gasteiger partial charge < -0.3 is 5.32 Å². The number of hydrogen-bond donors (Lipinski definition) is 1. The molecule has 1 aromatic carbocycles. The van der Waals surface area contributed by atoms with Gasteiger partial charge in [0.2, 0.25) is 5.91 Å². The zero-order chi connectivity index (χ0) is 12.1. The van der Waals surface area contributed by atoms with Gasteiger partial charge in [0.05, 0.1) is 10.0 Å². The van der Waals surface area contributed by atoms with Gasteiger partial charge in [-0.3, -0.25) is 4.79 Å². The quantitative estimate of drug-likeness (QED) is 0.825. The molecule has 1 rings (SSSR count). The van der Waals surface area contributed by atoms with Crippen LogP contribution in [0.15, 0.2) is 24.3 Å². The van der Waals surface area contributed by atoms with E-state index < -0.39 is 0 Å². The highest BCUT2D eigenvalue weighted by atomic mass is 35.5. The first kappa shape index (κ1) is 13.1. The van der Waals surface area contributed by atoms with Crippen molar-refractivity contribution in [1.29, 1.82) is 0 Å². The third-order valence-electron chi connectivity index (χ3n) is 1.80. The summed E-state index contributed by atoms with van der Waals surface area (Å²) in [6, 6.07) is 5.34. The minimum atomic E-state index is -0.124. The number of rotatable bonds is 3. The first-order valence-electron chi connectivity index (χ1n) is 4.92. The third kappa shape index (κ3) is 4.25. The molecule has 0 radical (unpaired) electrons. The summed E-state index contributed by atoms with van der Waals surface area (Å²) in [5.41, 5.74) is 0.841. The van der Waals surface area contributed by atoms with Crippen molar-refractivity contribution in [2.24, 2.45) is 0 Å². The predicted molar refractivity (Wildman–Crippen MR) is 68.8 cm³/mol. The van der Waals surface area contributed by atoms with Crippen LogP contribution in [-0.4, -0.2) is 11.9 Å². The Balaban J connectivity index is 2.69. The summed E-state index contributed by atoms with van der Waals surface area (Å²) in [6.45, 7) is 3.82. The van der Waals surface area contributed by atoms with E-state index in [-0.39, 0.29) is 11.9 Å². The second kappa shape index (κ2) is 5.92. The molecule has 0 atom stereocenters. The van der Waals surface area contributed by atoms with Crippen molar-refractivity contribution in [3.63, 3.8) is 0 Å². The minimum absolute atomic E-state index is 0.124. The smallest absolute Gasteiger partial charge is 0.244 e. The Morgan fingerprint density at radius 1 is 1.31 bits per heavy atom. The zero-order valence-corrected chi connectivity index (χ0v) is 10.6. The SMILES string of the molecule is CC(C)NC(=O)/C=C/c1ccc(Cl)c(Cl)c1. The highest BCUT2D eigenvalue weighted by Gasteiger charge is 1.99. The van der Waals surface area contributed by atoms with E-state index in [0.717, 1.165) is 5.56 Å². The lowest BCUT2D eigenvalue weighted by Gasteiger charge is -2.04. The van der Waals surface area contributed by atoms with E-state index in [2.05, 4.69) is 5.32 Å². The van der Waals surface area contributed by atoms with Crippen LogP contribution in [0.4, 0.5) is 0 Å². The average molecular weight is 258 g/mol. The van der Waals surface area contributed by atoms with Gasteiger partial charge in [-0.1, -0.05) is 29.3 Å². The normalized spacial score (nSPS) is 11.1. The molecule has 0 aliphatic carbocycles. The van der Waals surface area contributed by atoms with E-state index >= 15 is 0 Å². The Bertz CT molecular complexity index is 413. The maximum absolute atomic E-state index is 11.3. The van der Waals surface area contributed by atoms with Gasteiger partial charge in [-0.15, -0.1) is 0 Å². The Morgan fingerprint density at radius 2 is 2.00 bits per heavy atom. The lowest BCUT2D eigenvalue weighted by molar-refractivity contribution is -0.116. The van der Waals surface area contributed by atoms with Crippen molar-refractivity contribution in [2.75, 3.05) is 0 Å². The molecule has 2 nitrogen and oxygen atoms in total. The van der Waals surface area contributed by atoms with Gasteiger partial charge in [0, 0.05) is 12.1 Å². The topological polar surface area (TPSA) is 29.1 Å². The van der Waals surface area contributed by atoms with Crippen LogP contribution < -0.4 is 5.32 Å². The minimum Gasteiger partial charge on any atom is -0.350 e. The summed E-state index contributed by atoms with van der Waals surface area (Å²) in [5.74, 6) is -0.124. The molecule has 0 aromatic heterocycles. The fourth-order valence-corrected chi connectivity index (χ4v) is 1.43. The van der Waals surface area contributed by atoms with Crippen molar-refractivity contribution < 1.29 is 4.79 Å². The molecular formula is C12H13Cl2NO. The predicted octanol–water partition coefficient (Wildman–Crippen LogP) is 3.53. The van der Waals surface area contributed by atoms with E-state index in [4.69, 9.17) is 23.2 Å². The number of carbonyl (C=O) groups is 1. The van der Waals surface area contributed by atoms with Crippen LogP contribution in [0.1, 0.15) is 19.4 Å². The molecule has 86 valence electrons. The second-order valence-corrected chi connectivity index (χ2v) is 4.48. The summed E-state index contributed by atoms with van der Waals surface area (Å²) >= 11 is 11.6. The Labute approximate surface area is 105 Å². The Morgan fingerprint density at radius 3 is 2.56 bits per heavy atom. The van der Waals surface area contributed by atoms with Gasteiger partial charge in [0.1, 0.15) is 0 Å². The molecule has 0 bridgehead atoms. The Hall–Kier alpha value is -0.990. The molecule has 4 heteroatoms. The van der Waals surface area contributed by atoms with Crippen molar-refractivity contribution in [2.45, 2.75) is 19.9 Å². The van der Waals surface area contributed by atoms with Crippen LogP contribution in [0.25, 0.3) is 6.08 Å². The molecule has 0 fully saturated rings. The fourth-order valence-electron chi connectivity index (χ4n) is 1.12. The van der Waals surface area contributed by atoms with E-state index in [0.29, 0.717) is 10.0 Å². The molecular weight excluding hydrogens is 245 g/mol. The van der Waals surface area contributed by atoms with E-state index in [1.54, 1.807) is 24.3 Å². The summed E-state index contributed by atoms with van der Waals surface area (Å²) in [5, 5.41) is 3.74. The number of hydrogen-bond acceptors (Lipinski definition) is 1. The molecule has 0 aliphatic heterocycles. The monoisotopic (exact) mass is 257 g/mol. The van der Waals surface area contributed by atoms with Crippen LogP contribution >= 0.6 is 23.2 Å².